The summed E-state index contributed by atoms with van der Waals surface area (Å²) in [4.78, 5) is 102. The Balaban J connectivity index is 0.644. The zero-order valence-electron chi connectivity index (χ0n) is 53.5. The van der Waals surface area contributed by atoms with Crippen LogP contribution in [-0.2, 0) is 64.2 Å². The van der Waals surface area contributed by atoms with Gasteiger partial charge in [-0.05, 0) is 121 Å². The Labute approximate surface area is 555 Å². The Kier molecular flexibility index (Phi) is 19.3. The zero-order valence-corrected chi connectivity index (χ0v) is 54.3. The van der Waals surface area contributed by atoms with E-state index in [1.165, 1.54) is 28.4 Å². The number of fused-ring (bicyclic) bond motifs is 2. The standard InChI is InChI=1S/C68H77N9O18S/c1-38-45(43-14-15-50(72-54(43)61(85)86)75-21-18-39-8-7-9-44(46(39)32-75)60(84)73-64-71-47-10-5-6-11-49(47)96-64)31-70-77(38)37-68-30-41-29-66(2,35-68)34-67(3,36-68)59(41)92-25-23-74(4)65(89)93-33-40-12-13-42(28-48(40)94-63-57(83)55(81)56(82)58(95-63)62(87)88)91-27-26-90-24-20-69-51(78)19-22-76-52(79)16-17-53(76)80/h5-17,28,31,41,55-59,63,81-83H,18-27,29-30,32-37H2,1-4H3,(H,69,78)(H,85,86)(H,87,88)(H,71,73,84)/t41?,55-,56-,57+,58-,59?,63+,66?,67?,68?/m0/s1. The second-order valence-electron chi connectivity index (χ2n) is 26.5. The number of rotatable bonds is 26. The van der Waals surface area contributed by atoms with Gasteiger partial charge in [0, 0.05) is 98.9 Å². The van der Waals surface area contributed by atoms with E-state index in [1.807, 2.05) is 65.0 Å². The normalized spacial score (nSPS) is 25.6. The third-order valence-electron chi connectivity index (χ3n) is 19.3. The molecule has 10 atom stereocenters. The predicted octanol–water partition coefficient (Wildman–Crippen LogP) is 5.73. The number of ether oxygens (including phenoxy) is 6. The minimum absolute atomic E-state index is 0.00836. The largest absolute Gasteiger partial charge is 0.491 e. The number of aromatic nitrogens is 4. The summed E-state index contributed by atoms with van der Waals surface area (Å²) in [6, 6.07) is 21.5. The molecule has 7 N–H and O–H groups in total. The number of hydrogen-bond donors (Lipinski definition) is 7. The molecule has 13 rings (SSSR count). The van der Waals surface area contributed by atoms with Crippen molar-refractivity contribution >= 4 is 74.2 Å². The number of pyridine rings is 1. The van der Waals surface area contributed by atoms with Crippen molar-refractivity contribution in [3.05, 3.63) is 125 Å². The lowest BCUT2D eigenvalue weighted by molar-refractivity contribution is -0.271. The number of aliphatic hydroxyl groups is 3. The van der Waals surface area contributed by atoms with Crippen molar-refractivity contribution in [3.63, 3.8) is 0 Å². The molecule has 6 aromatic rings. The summed E-state index contributed by atoms with van der Waals surface area (Å²) in [6.07, 6.45) is -1.05. The number of aromatic carboxylic acids is 1. The Bertz CT molecular complexity index is 3980. The van der Waals surface area contributed by atoms with Crippen LogP contribution in [0.3, 0.4) is 0 Å². The number of anilines is 2. The molecule has 96 heavy (non-hydrogen) atoms. The van der Waals surface area contributed by atoms with Gasteiger partial charge in [-0.25, -0.2) is 24.4 Å². The molecule has 4 aliphatic carbocycles. The lowest BCUT2D eigenvalue weighted by Crippen LogP contribution is -2.63. The summed E-state index contributed by atoms with van der Waals surface area (Å²) in [7, 11) is 1.58. The van der Waals surface area contributed by atoms with Crippen molar-refractivity contribution in [1.29, 1.82) is 0 Å². The van der Waals surface area contributed by atoms with Crippen LogP contribution in [-0.4, -0.2) is 193 Å². The number of aliphatic carboxylic acids is 1. The molecule has 4 saturated carbocycles. The van der Waals surface area contributed by atoms with E-state index in [-0.39, 0.29) is 122 Å². The molecule has 0 spiro atoms. The van der Waals surface area contributed by atoms with E-state index in [9.17, 15) is 59.1 Å². The molecule has 3 aromatic heterocycles. The molecule has 508 valence electrons. The molecule has 5 fully saturated rings. The summed E-state index contributed by atoms with van der Waals surface area (Å²) in [6.45, 7) is 8.52. The van der Waals surface area contributed by atoms with E-state index in [1.54, 1.807) is 25.4 Å². The first-order valence-electron chi connectivity index (χ1n) is 32.0. The summed E-state index contributed by atoms with van der Waals surface area (Å²) < 4.78 is 38.3. The van der Waals surface area contributed by atoms with Crippen molar-refractivity contribution in [2.24, 2.45) is 22.2 Å². The zero-order chi connectivity index (χ0) is 67.8. The van der Waals surface area contributed by atoms with Crippen LogP contribution in [0.25, 0.3) is 21.3 Å². The van der Waals surface area contributed by atoms with Crippen LogP contribution in [0.4, 0.5) is 15.7 Å². The highest BCUT2D eigenvalue weighted by Crippen LogP contribution is 2.70. The number of carboxylic acids is 2. The van der Waals surface area contributed by atoms with Gasteiger partial charge in [0.25, 0.3) is 17.7 Å². The molecule has 3 aliphatic heterocycles. The van der Waals surface area contributed by atoms with Crippen LogP contribution in [0, 0.1) is 29.1 Å². The monoisotopic (exact) mass is 1340 g/mol. The summed E-state index contributed by atoms with van der Waals surface area (Å²) in [5.41, 5.74) is 5.10. The van der Waals surface area contributed by atoms with Crippen LogP contribution in [0.2, 0.25) is 0 Å². The third-order valence-corrected chi connectivity index (χ3v) is 20.3. The van der Waals surface area contributed by atoms with Gasteiger partial charge < -0.3 is 69.1 Å². The van der Waals surface area contributed by atoms with Gasteiger partial charge in [-0.3, -0.25) is 34.1 Å². The van der Waals surface area contributed by atoms with Gasteiger partial charge in [0.15, 0.2) is 16.9 Å². The summed E-state index contributed by atoms with van der Waals surface area (Å²) >= 11 is 1.41. The minimum Gasteiger partial charge on any atom is -0.491 e. The fourth-order valence-corrected chi connectivity index (χ4v) is 16.4. The average Bonchev–Trinajstić information content (AvgIpc) is 0.751. The van der Waals surface area contributed by atoms with Crippen LogP contribution < -0.4 is 25.0 Å². The van der Waals surface area contributed by atoms with Crippen LogP contribution in [0.5, 0.6) is 11.5 Å². The summed E-state index contributed by atoms with van der Waals surface area (Å²) in [5, 5.41) is 63.1. The van der Waals surface area contributed by atoms with Crippen molar-refractivity contribution in [2.45, 2.75) is 122 Å². The predicted molar refractivity (Wildman–Crippen MR) is 345 cm³/mol. The van der Waals surface area contributed by atoms with E-state index in [0.29, 0.717) is 53.7 Å². The first kappa shape index (κ1) is 67.1. The highest BCUT2D eigenvalue weighted by molar-refractivity contribution is 7.22. The smallest absolute Gasteiger partial charge is 0.409 e. The number of nitrogens with zero attached hydrogens (tertiary/aromatic N) is 7. The number of carbonyl (C=O) groups is 7. The van der Waals surface area contributed by atoms with E-state index >= 15 is 0 Å². The van der Waals surface area contributed by atoms with Gasteiger partial charge in [-0.2, -0.15) is 5.10 Å². The molecule has 1 saturated heterocycles. The van der Waals surface area contributed by atoms with Gasteiger partial charge in [0.1, 0.15) is 48.8 Å². The summed E-state index contributed by atoms with van der Waals surface area (Å²) in [5.74, 6) is -3.51. The van der Waals surface area contributed by atoms with Crippen molar-refractivity contribution in [3.8, 4) is 22.6 Å². The van der Waals surface area contributed by atoms with Gasteiger partial charge in [-0.1, -0.05) is 49.4 Å². The number of amides is 5. The molecule has 0 radical (unpaired) electrons. The Morgan fingerprint density at radius 2 is 1.67 bits per heavy atom. The highest BCUT2D eigenvalue weighted by atomic mass is 32.1. The van der Waals surface area contributed by atoms with Crippen molar-refractivity contribution in [1.82, 2.24) is 34.9 Å². The topological polar surface area (TPSA) is 353 Å². The lowest BCUT2D eigenvalue weighted by Gasteiger charge is -2.68. The number of benzene rings is 3. The van der Waals surface area contributed by atoms with Gasteiger partial charge in [0.2, 0.25) is 12.2 Å². The van der Waals surface area contributed by atoms with E-state index in [2.05, 4.69) is 29.5 Å². The number of thiazole rings is 1. The maximum absolute atomic E-state index is 13.8. The van der Waals surface area contributed by atoms with Gasteiger partial charge in [-0.15, -0.1) is 0 Å². The van der Waals surface area contributed by atoms with Crippen molar-refractivity contribution in [2.75, 3.05) is 69.9 Å². The number of carbonyl (C=O) groups excluding carboxylic acids is 5. The maximum Gasteiger partial charge on any atom is 0.409 e. The molecule has 5 unspecified atom stereocenters. The van der Waals surface area contributed by atoms with Gasteiger partial charge >= 0.3 is 18.0 Å². The fourth-order valence-electron chi connectivity index (χ4n) is 15.6. The molecule has 5 amide bonds. The molecule has 6 heterocycles. The molecular formula is C68H77N9O18S. The Hall–Kier alpha value is -8.90. The molecule has 3 aromatic carbocycles. The Morgan fingerprint density at radius 1 is 0.865 bits per heavy atom. The molecular weight excluding hydrogens is 1260 g/mol. The second-order valence-corrected chi connectivity index (χ2v) is 27.5. The molecule has 27 nitrogen and oxygen atoms in total. The Morgan fingerprint density at radius 3 is 2.44 bits per heavy atom. The van der Waals surface area contributed by atoms with E-state index < -0.39 is 60.6 Å². The average molecular weight is 1340 g/mol. The number of aliphatic hydroxyl groups excluding tert-OH is 3. The molecule has 4 bridgehead atoms. The van der Waals surface area contributed by atoms with Crippen LogP contribution >= 0.6 is 11.3 Å². The number of nitrogens with one attached hydrogen (secondary N) is 2. The molecule has 28 heteroatoms. The van der Waals surface area contributed by atoms with E-state index in [4.69, 9.17) is 38.5 Å². The first-order valence-corrected chi connectivity index (χ1v) is 32.8. The number of likely N-dealkylation sites (N-methyl/N-ethyl adjacent to an activating group) is 1. The number of imide groups is 1. The lowest BCUT2D eigenvalue weighted by atomic mass is 9.39. The van der Waals surface area contributed by atoms with Crippen LogP contribution in [0.1, 0.15) is 95.6 Å². The molecule has 7 aliphatic rings. The third kappa shape index (κ3) is 14.2. The number of hydrogen-bond acceptors (Lipinski definition) is 21. The second kappa shape index (κ2) is 27.7. The quantitative estimate of drug-likeness (QED) is 0.0252. The maximum atomic E-state index is 13.8. The first-order chi connectivity index (χ1) is 46.0. The number of carboxylic acid groups (broad SMARTS) is 2. The fraction of sp³-hybridized carbons (Fsp3) is 0.471. The van der Waals surface area contributed by atoms with Crippen molar-refractivity contribution < 1.29 is 87.5 Å². The minimum atomic E-state index is -1.97. The van der Waals surface area contributed by atoms with Crippen LogP contribution in [0.15, 0.2) is 91.1 Å². The SMILES string of the molecule is Cc1c(-c2ccc(N3CCc4cccc(C(=O)Nc5nc6ccccc6s5)c4C3)nc2C(=O)O)cnn1CC12CC3CC(C)(C1)CC(C)(C2)C3OCCN(C)C(=O)OCc1ccc(OCCOCCNC(=O)CCN2C(=O)C=CC2=O)cc1O[C@@H]1O[C@H](C(=O)O)[C@@H](O)[C@H](O)[C@H]1O. The van der Waals surface area contributed by atoms with Gasteiger partial charge in [0.05, 0.1) is 42.3 Å². The van der Waals surface area contributed by atoms with E-state index in [0.717, 1.165) is 76.2 Å². The number of para-hydroxylation sites is 1. The highest BCUT2D eigenvalue weighted by Gasteiger charge is 2.65.